The normalized spacial score (nSPS) is 20.6. The molecule has 1 N–H and O–H groups in total. The molecule has 0 radical (unpaired) electrons. The van der Waals surface area contributed by atoms with E-state index in [1.165, 1.54) is 10.6 Å². The van der Waals surface area contributed by atoms with Crippen LogP contribution < -0.4 is 0 Å². The number of aliphatic carboxylic acids is 1. The molecule has 1 aliphatic carbocycles. The third-order valence-corrected chi connectivity index (χ3v) is 4.83. The monoisotopic (exact) mass is 277 g/mol. The Labute approximate surface area is 109 Å². The number of carboxylic acid groups (broad SMARTS) is 1. The Balaban J connectivity index is 2.80. The van der Waals surface area contributed by atoms with Gasteiger partial charge in [-0.1, -0.05) is 32.6 Å². The maximum Gasteiger partial charge on any atom is 0.307 e. The van der Waals surface area contributed by atoms with Crippen LogP contribution in [-0.2, 0) is 14.8 Å². The maximum absolute atomic E-state index is 11.8. The first-order valence-electron chi connectivity index (χ1n) is 6.52. The summed E-state index contributed by atoms with van der Waals surface area (Å²) in [7, 11) is -3.34. The van der Waals surface area contributed by atoms with Gasteiger partial charge >= 0.3 is 5.97 Å². The van der Waals surface area contributed by atoms with Crippen molar-refractivity contribution in [1.82, 2.24) is 4.31 Å². The van der Waals surface area contributed by atoms with E-state index in [0.717, 1.165) is 38.5 Å². The summed E-state index contributed by atoms with van der Waals surface area (Å²) < 4.78 is 25.1. The third kappa shape index (κ3) is 4.57. The number of carboxylic acids is 1. The molecule has 0 aromatic carbocycles. The van der Waals surface area contributed by atoms with E-state index < -0.39 is 21.9 Å². The van der Waals surface area contributed by atoms with Crippen molar-refractivity contribution in [3.8, 4) is 0 Å². The molecule has 0 aromatic heterocycles. The minimum absolute atomic E-state index is 0.0238. The second kappa shape index (κ2) is 6.52. The minimum Gasteiger partial charge on any atom is -0.481 e. The second-order valence-corrected chi connectivity index (χ2v) is 7.15. The predicted molar refractivity (Wildman–Crippen MR) is 69.8 cm³/mol. The highest BCUT2D eigenvalue weighted by atomic mass is 32.2. The zero-order chi connectivity index (χ0) is 13.8. The van der Waals surface area contributed by atoms with Crippen molar-refractivity contribution in [2.75, 3.05) is 12.8 Å². The van der Waals surface area contributed by atoms with E-state index in [4.69, 9.17) is 5.11 Å². The van der Waals surface area contributed by atoms with E-state index in [0.29, 0.717) is 0 Å². The van der Waals surface area contributed by atoms with Crippen LogP contribution in [-0.4, -0.2) is 42.6 Å². The summed E-state index contributed by atoms with van der Waals surface area (Å²) in [4.78, 5) is 10.9. The van der Waals surface area contributed by atoms with E-state index in [1.807, 2.05) is 0 Å². The SMILES string of the molecule is CC(CN(C1CCCCCC1)S(C)(=O)=O)C(=O)O. The Bertz CT molecular complexity index is 372. The van der Waals surface area contributed by atoms with Crippen LogP contribution in [0.3, 0.4) is 0 Å². The Kier molecular flexibility index (Phi) is 5.59. The lowest BCUT2D eigenvalue weighted by atomic mass is 10.1. The van der Waals surface area contributed by atoms with Crippen LogP contribution in [0.2, 0.25) is 0 Å². The van der Waals surface area contributed by atoms with Crippen molar-refractivity contribution in [3.63, 3.8) is 0 Å². The summed E-state index contributed by atoms with van der Waals surface area (Å²) in [5.74, 6) is -1.61. The number of hydrogen-bond acceptors (Lipinski definition) is 3. The van der Waals surface area contributed by atoms with Gasteiger partial charge in [0.25, 0.3) is 0 Å². The largest absolute Gasteiger partial charge is 0.481 e. The third-order valence-electron chi connectivity index (χ3n) is 3.53. The van der Waals surface area contributed by atoms with Crippen molar-refractivity contribution in [2.45, 2.75) is 51.5 Å². The zero-order valence-electron chi connectivity index (χ0n) is 11.1. The van der Waals surface area contributed by atoms with Gasteiger partial charge in [-0.3, -0.25) is 4.79 Å². The fourth-order valence-corrected chi connectivity index (χ4v) is 3.70. The molecule has 1 aliphatic rings. The van der Waals surface area contributed by atoms with Crippen LogP contribution in [0.15, 0.2) is 0 Å². The smallest absolute Gasteiger partial charge is 0.307 e. The average Bonchev–Trinajstić information content (AvgIpc) is 2.51. The van der Waals surface area contributed by atoms with Crippen LogP contribution in [0, 0.1) is 5.92 Å². The van der Waals surface area contributed by atoms with E-state index in [9.17, 15) is 13.2 Å². The van der Waals surface area contributed by atoms with Gasteiger partial charge in [-0.15, -0.1) is 0 Å². The van der Waals surface area contributed by atoms with Crippen molar-refractivity contribution in [1.29, 1.82) is 0 Å². The summed E-state index contributed by atoms with van der Waals surface area (Å²) in [5.41, 5.74) is 0. The van der Waals surface area contributed by atoms with E-state index in [1.54, 1.807) is 6.92 Å². The standard InChI is InChI=1S/C12H23NO4S/c1-10(12(14)15)9-13(18(2,16)17)11-7-5-3-4-6-8-11/h10-11H,3-9H2,1-2H3,(H,14,15). The molecule has 0 saturated heterocycles. The van der Waals surface area contributed by atoms with Gasteiger partial charge in [0.05, 0.1) is 12.2 Å². The summed E-state index contributed by atoms with van der Waals surface area (Å²) in [5, 5.41) is 8.93. The van der Waals surface area contributed by atoms with E-state index in [-0.39, 0.29) is 12.6 Å². The highest BCUT2D eigenvalue weighted by Crippen LogP contribution is 2.24. The highest BCUT2D eigenvalue weighted by Gasteiger charge is 2.30. The Morgan fingerprint density at radius 1 is 1.28 bits per heavy atom. The molecular formula is C12H23NO4S. The minimum atomic E-state index is -3.34. The van der Waals surface area contributed by atoms with E-state index >= 15 is 0 Å². The molecule has 6 heteroatoms. The number of sulfonamides is 1. The van der Waals surface area contributed by atoms with Gasteiger partial charge in [-0.2, -0.15) is 4.31 Å². The van der Waals surface area contributed by atoms with Crippen molar-refractivity contribution in [3.05, 3.63) is 0 Å². The van der Waals surface area contributed by atoms with Gasteiger partial charge in [0, 0.05) is 12.6 Å². The highest BCUT2D eigenvalue weighted by molar-refractivity contribution is 7.88. The summed E-state index contributed by atoms with van der Waals surface area (Å²) >= 11 is 0. The molecule has 18 heavy (non-hydrogen) atoms. The molecule has 0 heterocycles. The van der Waals surface area contributed by atoms with Crippen molar-refractivity contribution < 1.29 is 18.3 Å². The van der Waals surface area contributed by atoms with Crippen LogP contribution in [0.1, 0.15) is 45.4 Å². The second-order valence-electron chi connectivity index (χ2n) is 5.22. The average molecular weight is 277 g/mol. The van der Waals surface area contributed by atoms with Crippen LogP contribution in [0.4, 0.5) is 0 Å². The molecule has 0 bridgehead atoms. The summed E-state index contributed by atoms with van der Waals surface area (Å²) in [6.45, 7) is 1.63. The Morgan fingerprint density at radius 3 is 2.17 bits per heavy atom. The van der Waals surface area contributed by atoms with Crippen LogP contribution in [0.5, 0.6) is 0 Å². The molecular weight excluding hydrogens is 254 g/mol. The Morgan fingerprint density at radius 2 is 1.78 bits per heavy atom. The molecule has 106 valence electrons. The molecule has 1 atom stereocenters. The topological polar surface area (TPSA) is 74.7 Å². The first kappa shape index (κ1) is 15.4. The van der Waals surface area contributed by atoms with Crippen LogP contribution in [0.25, 0.3) is 0 Å². The van der Waals surface area contributed by atoms with Crippen molar-refractivity contribution in [2.24, 2.45) is 5.92 Å². The molecule has 5 nitrogen and oxygen atoms in total. The number of hydrogen-bond donors (Lipinski definition) is 1. The molecule has 0 aromatic rings. The van der Waals surface area contributed by atoms with Crippen LogP contribution >= 0.6 is 0 Å². The summed E-state index contributed by atoms with van der Waals surface area (Å²) in [6.07, 6.45) is 7.20. The van der Waals surface area contributed by atoms with Crippen molar-refractivity contribution >= 4 is 16.0 Å². The first-order valence-corrected chi connectivity index (χ1v) is 8.37. The van der Waals surface area contributed by atoms with Gasteiger partial charge in [-0.05, 0) is 12.8 Å². The lowest BCUT2D eigenvalue weighted by Crippen LogP contribution is -2.43. The lowest BCUT2D eigenvalue weighted by Gasteiger charge is -2.30. The molecule has 1 unspecified atom stereocenters. The number of carbonyl (C=O) groups is 1. The van der Waals surface area contributed by atoms with E-state index in [2.05, 4.69) is 0 Å². The number of nitrogens with zero attached hydrogens (tertiary/aromatic N) is 1. The molecule has 1 saturated carbocycles. The first-order chi connectivity index (χ1) is 8.32. The summed E-state index contributed by atoms with van der Waals surface area (Å²) in [6, 6.07) is -0.0238. The molecule has 1 rings (SSSR count). The van der Waals surface area contributed by atoms with Gasteiger partial charge in [0.1, 0.15) is 0 Å². The molecule has 0 aliphatic heterocycles. The zero-order valence-corrected chi connectivity index (χ0v) is 11.9. The molecule has 1 fully saturated rings. The number of rotatable bonds is 5. The molecule has 0 spiro atoms. The maximum atomic E-state index is 11.8. The fourth-order valence-electron chi connectivity index (χ4n) is 2.45. The molecule has 0 amide bonds. The fraction of sp³-hybridized carbons (Fsp3) is 0.917. The van der Waals surface area contributed by atoms with Gasteiger partial charge in [0.2, 0.25) is 10.0 Å². The van der Waals surface area contributed by atoms with Gasteiger partial charge in [0.15, 0.2) is 0 Å². The van der Waals surface area contributed by atoms with Gasteiger partial charge < -0.3 is 5.11 Å². The quantitative estimate of drug-likeness (QED) is 0.776. The Hall–Kier alpha value is -0.620. The lowest BCUT2D eigenvalue weighted by molar-refractivity contribution is -0.141. The van der Waals surface area contributed by atoms with Gasteiger partial charge in [-0.25, -0.2) is 8.42 Å². The predicted octanol–water partition coefficient (Wildman–Crippen LogP) is 1.69.